The molecule has 0 aromatic heterocycles. The molecular formula is C8H9FO3S. The van der Waals surface area contributed by atoms with Crippen molar-refractivity contribution >= 4 is 9.84 Å². The molecule has 0 radical (unpaired) electrons. The lowest BCUT2D eigenvalue weighted by molar-refractivity contribution is 0.409. The zero-order valence-corrected chi connectivity index (χ0v) is 8.06. The van der Waals surface area contributed by atoms with E-state index >= 15 is 0 Å². The van der Waals surface area contributed by atoms with Gasteiger partial charge in [-0.2, -0.15) is 0 Å². The Morgan fingerprint density at radius 2 is 1.92 bits per heavy atom. The first-order valence-corrected chi connectivity index (χ1v) is 5.37. The first-order chi connectivity index (χ1) is 5.93. The third-order valence-corrected chi connectivity index (χ3v) is 2.60. The average molecular weight is 204 g/mol. The van der Waals surface area contributed by atoms with Gasteiger partial charge in [-0.1, -0.05) is 0 Å². The van der Waals surface area contributed by atoms with Crippen LogP contribution >= 0.6 is 0 Å². The standard InChI is InChI=1S/C8H9FO3S/c1-12-7-3-6(9)4-8(5-7)13(2,10)11/h3-5H,1-2H3. The Morgan fingerprint density at radius 1 is 1.31 bits per heavy atom. The molecule has 0 heterocycles. The van der Waals surface area contributed by atoms with E-state index in [0.29, 0.717) is 0 Å². The highest BCUT2D eigenvalue weighted by Crippen LogP contribution is 2.19. The number of benzene rings is 1. The Hall–Kier alpha value is -1.10. The van der Waals surface area contributed by atoms with Gasteiger partial charge in [0.1, 0.15) is 11.6 Å². The summed E-state index contributed by atoms with van der Waals surface area (Å²) in [4.78, 5) is -0.0793. The van der Waals surface area contributed by atoms with Gasteiger partial charge in [0.15, 0.2) is 9.84 Å². The number of hydrogen-bond donors (Lipinski definition) is 0. The normalized spacial score (nSPS) is 11.3. The van der Waals surface area contributed by atoms with Crippen LogP contribution in [0.15, 0.2) is 23.1 Å². The van der Waals surface area contributed by atoms with Crippen LogP contribution in [0.5, 0.6) is 5.75 Å². The number of ether oxygens (including phenoxy) is 1. The van der Waals surface area contributed by atoms with Crippen molar-refractivity contribution in [3.05, 3.63) is 24.0 Å². The van der Waals surface area contributed by atoms with Crippen molar-refractivity contribution in [1.82, 2.24) is 0 Å². The molecule has 1 rings (SSSR count). The predicted octanol–water partition coefficient (Wildman–Crippen LogP) is 1.24. The Morgan fingerprint density at radius 3 is 2.38 bits per heavy atom. The number of halogens is 1. The molecule has 0 aliphatic heterocycles. The van der Waals surface area contributed by atoms with Crippen LogP contribution in [0, 0.1) is 5.82 Å². The van der Waals surface area contributed by atoms with Crippen LogP contribution in [0.3, 0.4) is 0 Å². The molecule has 1 aromatic carbocycles. The molecule has 0 saturated heterocycles. The van der Waals surface area contributed by atoms with Gasteiger partial charge in [0.2, 0.25) is 0 Å². The third kappa shape index (κ3) is 2.42. The molecular weight excluding hydrogens is 195 g/mol. The summed E-state index contributed by atoms with van der Waals surface area (Å²) in [5.41, 5.74) is 0. The van der Waals surface area contributed by atoms with Gasteiger partial charge in [-0.15, -0.1) is 0 Å². The quantitative estimate of drug-likeness (QED) is 0.727. The number of hydrogen-bond acceptors (Lipinski definition) is 3. The van der Waals surface area contributed by atoms with E-state index in [2.05, 4.69) is 0 Å². The molecule has 0 unspecified atom stereocenters. The Kier molecular flexibility index (Phi) is 2.56. The van der Waals surface area contributed by atoms with Crippen molar-refractivity contribution in [1.29, 1.82) is 0 Å². The van der Waals surface area contributed by atoms with Crippen molar-refractivity contribution < 1.29 is 17.5 Å². The van der Waals surface area contributed by atoms with E-state index in [9.17, 15) is 12.8 Å². The topological polar surface area (TPSA) is 43.4 Å². The summed E-state index contributed by atoms with van der Waals surface area (Å²) in [6, 6.07) is 3.35. The van der Waals surface area contributed by atoms with Gasteiger partial charge in [-0.25, -0.2) is 12.8 Å². The Bertz CT molecular complexity index is 411. The van der Waals surface area contributed by atoms with Crippen LogP contribution in [0.1, 0.15) is 0 Å². The SMILES string of the molecule is COc1cc(F)cc(S(C)(=O)=O)c1. The summed E-state index contributed by atoms with van der Waals surface area (Å²) in [5.74, 6) is -0.430. The van der Waals surface area contributed by atoms with Gasteiger partial charge in [-0.05, 0) is 12.1 Å². The lowest BCUT2D eigenvalue weighted by Crippen LogP contribution is -1.98. The smallest absolute Gasteiger partial charge is 0.175 e. The van der Waals surface area contributed by atoms with E-state index < -0.39 is 15.7 Å². The van der Waals surface area contributed by atoms with Crippen molar-refractivity contribution in [3.63, 3.8) is 0 Å². The Labute approximate surface area is 76.1 Å². The van der Waals surface area contributed by atoms with E-state index in [4.69, 9.17) is 4.74 Å². The summed E-state index contributed by atoms with van der Waals surface area (Å²) in [6.07, 6.45) is 1.02. The van der Waals surface area contributed by atoms with E-state index in [0.717, 1.165) is 18.4 Å². The molecule has 1 aromatic rings. The van der Waals surface area contributed by atoms with Gasteiger partial charge in [0.25, 0.3) is 0 Å². The second kappa shape index (κ2) is 3.33. The average Bonchev–Trinajstić information content (AvgIpc) is 2.01. The zero-order chi connectivity index (χ0) is 10.1. The maximum Gasteiger partial charge on any atom is 0.175 e. The molecule has 72 valence electrons. The fourth-order valence-corrected chi connectivity index (χ4v) is 1.53. The van der Waals surface area contributed by atoms with E-state index in [-0.39, 0.29) is 10.6 Å². The highest BCUT2D eigenvalue weighted by atomic mass is 32.2. The number of sulfone groups is 1. The van der Waals surface area contributed by atoms with Crippen LogP contribution < -0.4 is 4.74 Å². The summed E-state index contributed by atoms with van der Waals surface area (Å²) in [6.45, 7) is 0. The maximum atomic E-state index is 12.8. The minimum absolute atomic E-state index is 0.0793. The highest BCUT2D eigenvalue weighted by Gasteiger charge is 2.10. The molecule has 0 spiro atoms. The fraction of sp³-hybridized carbons (Fsp3) is 0.250. The molecule has 5 heteroatoms. The highest BCUT2D eigenvalue weighted by molar-refractivity contribution is 7.90. The summed E-state index contributed by atoms with van der Waals surface area (Å²) >= 11 is 0. The molecule has 0 N–H and O–H groups in total. The van der Waals surface area contributed by atoms with Crippen LogP contribution in [0.4, 0.5) is 4.39 Å². The van der Waals surface area contributed by atoms with E-state index in [1.807, 2.05) is 0 Å². The first kappa shape index (κ1) is 9.98. The molecule has 0 aliphatic carbocycles. The van der Waals surface area contributed by atoms with Crippen LogP contribution in [0.25, 0.3) is 0 Å². The van der Waals surface area contributed by atoms with Gasteiger partial charge >= 0.3 is 0 Å². The second-order valence-electron chi connectivity index (χ2n) is 2.60. The van der Waals surface area contributed by atoms with Crippen molar-refractivity contribution in [2.45, 2.75) is 4.90 Å². The van der Waals surface area contributed by atoms with Crippen LogP contribution in [-0.4, -0.2) is 21.8 Å². The molecule has 13 heavy (non-hydrogen) atoms. The molecule has 0 saturated carbocycles. The maximum absolute atomic E-state index is 12.8. The zero-order valence-electron chi connectivity index (χ0n) is 7.24. The van der Waals surface area contributed by atoms with Gasteiger partial charge in [0, 0.05) is 12.3 Å². The summed E-state index contributed by atoms with van der Waals surface area (Å²) in [7, 11) is -2.03. The van der Waals surface area contributed by atoms with E-state index in [1.54, 1.807) is 0 Å². The number of rotatable bonds is 2. The molecule has 0 aliphatic rings. The minimum atomic E-state index is -3.38. The predicted molar refractivity (Wildman–Crippen MR) is 46.1 cm³/mol. The number of methoxy groups -OCH3 is 1. The van der Waals surface area contributed by atoms with Gasteiger partial charge in [0.05, 0.1) is 12.0 Å². The fourth-order valence-electron chi connectivity index (χ4n) is 0.869. The monoisotopic (exact) mass is 204 g/mol. The van der Waals surface area contributed by atoms with Crippen molar-refractivity contribution in [2.24, 2.45) is 0 Å². The van der Waals surface area contributed by atoms with Crippen molar-refractivity contribution in [2.75, 3.05) is 13.4 Å². The molecule has 0 fully saturated rings. The van der Waals surface area contributed by atoms with Crippen LogP contribution in [0.2, 0.25) is 0 Å². The first-order valence-electron chi connectivity index (χ1n) is 3.48. The van der Waals surface area contributed by atoms with Gasteiger partial charge < -0.3 is 4.74 Å². The van der Waals surface area contributed by atoms with Crippen LogP contribution in [-0.2, 0) is 9.84 Å². The second-order valence-corrected chi connectivity index (χ2v) is 4.61. The van der Waals surface area contributed by atoms with Crippen molar-refractivity contribution in [3.8, 4) is 5.75 Å². The molecule has 0 atom stereocenters. The third-order valence-electron chi connectivity index (χ3n) is 1.51. The molecule has 0 amide bonds. The summed E-state index contributed by atoms with van der Waals surface area (Å²) < 4.78 is 39.6. The largest absolute Gasteiger partial charge is 0.497 e. The lowest BCUT2D eigenvalue weighted by atomic mass is 10.3. The Balaban J connectivity index is 3.33. The summed E-state index contributed by atoms with van der Waals surface area (Å²) in [5, 5.41) is 0. The lowest BCUT2D eigenvalue weighted by Gasteiger charge is -2.02. The molecule has 3 nitrogen and oxygen atoms in total. The van der Waals surface area contributed by atoms with E-state index in [1.165, 1.54) is 13.2 Å². The molecule has 0 bridgehead atoms. The van der Waals surface area contributed by atoms with Gasteiger partial charge in [-0.3, -0.25) is 0 Å². The minimum Gasteiger partial charge on any atom is -0.497 e.